The van der Waals surface area contributed by atoms with Crippen molar-refractivity contribution in [1.29, 1.82) is 0 Å². The van der Waals surface area contributed by atoms with Gasteiger partial charge in [0.2, 0.25) is 0 Å². The van der Waals surface area contributed by atoms with E-state index in [4.69, 9.17) is 5.11 Å². The zero-order valence-electron chi connectivity index (χ0n) is 8.18. The Hall–Kier alpha value is -1.00. The van der Waals surface area contributed by atoms with Gasteiger partial charge in [0.15, 0.2) is 0 Å². The molecule has 1 aliphatic carbocycles. The Morgan fingerprint density at radius 1 is 1.40 bits per heavy atom. The molecule has 5 heteroatoms. The smallest absolute Gasteiger partial charge is 0.392 e. The molecule has 1 saturated carbocycles. The van der Waals surface area contributed by atoms with Gasteiger partial charge in [-0.3, -0.25) is 4.79 Å². The van der Waals surface area contributed by atoms with E-state index in [2.05, 4.69) is 0 Å². The molecule has 0 spiro atoms. The van der Waals surface area contributed by atoms with Crippen molar-refractivity contribution in [3.8, 4) is 0 Å². The molecule has 2 nitrogen and oxygen atoms in total. The molecule has 0 saturated heterocycles. The lowest BCUT2D eigenvalue weighted by atomic mass is 9.85. The predicted octanol–water partition coefficient (Wildman–Crippen LogP) is 3.14. The summed E-state index contributed by atoms with van der Waals surface area (Å²) in [7, 11) is 0. The Bertz CT molecular complexity index is 258. The highest BCUT2D eigenvalue weighted by Crippen LogP contribution is 2.30. The van der Waals surface area contributed by atoms with Gasteiger partial charge in [0.25, 0.3) is 0 Å². The first kappa shape index (κ1) is 12.1. The summed E-state index contributed by atoms with van der Waals surface area (Å²) in [5.41, 5.74) is 0.741. The highest BCUT2D eigenvalue weighted by molar-refractivity contribution is 5.70. The Morgan fingerprint density at radius 3 is 2.33 bits per heavy atom. The van der Waals surface area contributed by atoms with Gasteiger partial charge in [0.05, 0.1) is 12.3 Å². The van der Waals surface area contributed by atoms with Gasteiger partial charge in [-0.15, -0.1) is 0 Å². The van der Waals surface area contributed by atoms with Gasteiger partial charge in [-0.25, -0.2) is 0 Å². The van der Waals surface area contributed by atoms with Crippen LogP contribution in [0.5, 0.6) is 0 Å². The molecule has 0 bridgehead atoms. The van der Waals surface area contributed by atoms with Crippen LogP contribution < -0.4 is 0 Å². The molecule has 1 rings (SSSR count). The Balaban J connectivity index is 2.40. The summed E-state index contributed by atoms with van der Waals surface area (Å²) in [6, 6.07) is 0. The first-order valence-electron chi connectivity index (χ1n) is 4.86. The van der Waals surface area contributed by atoms with Crippen LogP contribution in [-0.2, 0) is 4.79 Å². The summed E-state index contributed by atoms with van der Waals surface area (Å²) < 4.78 is 35.6. The van der Waals surface area contributed by atoms with Gasteiger partial charge in [-0.1, -0.05) is 11.6 Å². The SMILES string of the molecule is O=C(O)C1CCC(=CCC(F)(F)F)CC1. The van der Waals surface area contributed by atoms with E-state index >= 15 is 0 Å². The quantitative estimate of drug-likeness (QED) is 0.729. The van der Waals surface area contributed by atoms with E-state index in [1.165, 1.54) is 6.08 Å². The van der Waals surface area contributed by atoms with E-state index in [-0.39, 0.29) is 5.92 Å². The van der Waals surface area contributed by atoms with Crippen LogP contribution in [0.2, 0.25) is 0 Å². The van der Waals surface area contributed by atoms with Crippen LogP contribution in [0.1, 0.15) is 32.1 Å². The van der Waals surface area contributed by atoms with Crippen LogP contribution in [-0.4, -0.2) is 17.3 Å². The van der Waals surface area contributed by atoms with E-state index in [1.807, 2.05) is 0 Å². The lowest BCUT2D eigenvalue weighted by Crippen LogP contribution is -2.18. The fourth-order valence-electron chi connectivity index (χ4n) is 1.70. The molecule has 1 N–H and O–H groups in total. The number of allylic oxidation sites excluding steroid dienone is 2. The number of carbonyl (C=O) groups is 1. The van der Waals surface area contributed by atoms with Crippen molar-refractivity contribution in [3.63, 3.8) is 0 Å². The molecular formula is C10H13F3O2. The Morgan fingerprint density at radius 2 is 1.93 bits per heavy atom. The second-order valence-corrected chi connectivity index (χ2v) is 3.79. The summed E-state index contributed by atoms with van der Waals surface area (Å²) in [4.78, 5) is 10.6. The topological polar surface area (TPSA) is 37.3 Å². The third-order valence-electron chi connectivity index (χ3n) is 2.60. The first-order chi connectivity index (χ1) is 6.88. The lowest BCUT2D eigenvalue weighted by molar-refractivity contribution is -0.142. The van der Waals surface area contributed by atoms with Crippen LogP contribution in [0.15, 0.2) is 11.6 Å². The van der Waals surface area contributed by atoms with Crippen LogP contribution in [0.25, 0.3) is 0 Å². The molecule has 0 aromatic heterocycles. The minimum atomic E-state index is -4.16. The van der Waals surface area contributed by atoms with Crippen molar-refractivity contribution in [3.05, 3.63) is 11.6 Å². The molecule has 15 heavy (non-hydrogen) atoms. The van der Waals surface area contributed by atoms with Crippen molar-refractivity contribution < 1.29 is 23.1 Å². The lowest BCUT2D eigenvalue weighted by Gasteiger charge is -2.20. The second kappa shape index (κ2) is 4.68. The standard InChI is InChI=1S/C10H13F3O2/c11-10(12,13)6-5-7-1-3-8(4-2-7)9(14)15/h5,8H,1-4,6H2,(H,14,15). The third kappa shape index (κ3) is 4.36. The third-order valence-corrected chi connectivity index (χ3v) is 2.60. The zero-order chi connectivity index (χ0) is 11.5. The molecule has 1 fully saturated rings. The molecular weight excluding hydrogens is 209 g/mol. The van der Waals surface area contributed by atoms with Crippen molar-refractivity contribution in [1.82, 2.24) is 0 Å². The average molecular weight is 222 g/mol. The normalized spacial score (nSPS) is 22.6. The number of carboxylic acid groups (broad SMARTS) is 1. The maximum atomic E-state index is 11.9. The maximum Gasteiger partial charge on any atom is 0.392 e. The molecule has 0 heterocycles. The zero-order valence-corrected chi connectivity index (χ0v) is 8.18. The highest BCUT2D eigenvalue weighted by atomic mass is 19.4. The number of rotatable bonds is 2. The molecule has 0 unspecified atom stereocenters. The van der Waals surface area contributed by atoms with Crippen molar-refractivity contribution in [2.75, 3.05) is 0 Å². The fraction of sp³-hybridized carbons (Fsp3) is 0.700. The van der Waals surface area contributed by atoms with Gasteiger partial charge >= 0.3 is 12.1 Å². The van der Waals surface area contributed by atoms with Gasteiger partial charge < -0.3 is 5.11 Å². The number of alkyl halides is 3. The van der Waals surface area contributed by atoms with E-state index in [0.717, 1.165) is 5.57 Å². The minimum Gasteiger partial charge on any atom is -0.481 e. The summed E-state index contributed by atoms with van der Waals surface area (Å²) in [6.45, 7) is 0. The molecule has 0 aromatic carbocycles. The monoisotopic (exact) mass is 222 g/mol. The van der Waals surface area contributed by atoms with Crippen LogP contribution in [0.3, 0.4) is 0 Å². The molecule has 0 aliphatic heterocycles. The van der Waals surface area contributed by atoms with Crippen LogP contribution >= 0.6 is 0 Å². The number of carboxylic acids is 1. The Labute approximate surface area is 85.8 Å². The van der Waals surface area contributed by atoms with E-state index in [9.17, 15) is 18.0 Å². The minimum absolute atomic E-state index is 0.381. The molecule has 0 atom stereocenters. The average Bonchev–Trinajstić information content (AvgIpc) is 2.14. The summed E-state index contributed by atoms with van der Waals surface area (Å²) >= 11 is 0. The molecule has 0 aromatic rings. The summed E-state index contributed by atoms with van der Waals surface area (Å²) in [5, 5.41) is 8.68. The van der Waals surface area contributed by atoms with Crippen molar-refractivity contribution in [2.45, 2.75) is 38.3 Å². The largest absolute Gasteiger partial charge is 0.481 e. The second-order valence-electron chi connectivity index (χ2n) is 3.79. The van der Waals surface area contributed by atoms with Gasteiger partial charge in [0, 0.05) is 0 Å². The van der Waals surface area contributed by atoms with Gasteiger partial charge in [-0.2, -0.15) is 13.2 Å². The number of hydrogen-bond acceptors (Lipinski definition) is 1. The number of aliphatic carboxylic acids is 1. The first-order valence-corrected chi connectivity index (χ1v) is 4.86. The van der Waals surface area contributed by atoms with Gasteiger partial charge in [-0.05, 0) is 25.7 Å². The van der Waals surface area contributed by atoms with Crippen molar-refractivity contribution in [2.24, 2.45) is 5.92 Å². The van der Waals surface area contributed by atoms with Crippen LogP contribution in [0, 0.1) is 5.92 Å². The maximum absolute atomic E-state index is 11.9. The molecule has 0 radical (unpaired) electrons. The summed E-state index contributed by atoms with van der Waals surface area (Å²) in [5.74, 6) is -1.22. The predicted molar refractivity (Wildman–Crippen MR) is 48.3 cm³/mol. The number of halogens is 3. The van der Waals surface area contributed by atoms with Crippen molar-refractivity contribution >= 4 is 5.97 Å². The summed E-state index contributed by atoms with van der Waals surface area (Å²) in [6.07, 6.45) is -1.99. The van der Waals surface area contributed by atoms with E-state index in [0.29, 0.717) is 25.7 Å². The van der Waals surface area contributed by atoms with Crippen LogP contribution in [0.4, 0.5) is 13.2 Å². The molecule has 86 valence electrons. The van der Waals surface area contributed by atoms with Gasteiger partial charge in [0.1, 0.15) is 0 Å². The molecule has 0 amide bonds. The highest BCUT2D eigenvalue weighted by Gasteiger charge is 2.27. The number of hydrogen-bond donors (Lipinski definition) is 1. The molecule has 1 aliphatic rings. The fourth-order valence-corrected chi connectivity index (χ4v) is 1.70. The Kier molecular flexibility index (Phi) is 3.77. The van der Waals surface area contributed by atoms with E-state index < -0.39 is 18.6 Å². The van der Waals surface area contributed by atoms with E-state index in [1.54, 1.807) is 0 Å².